The van der Waals surface area contributed by atoms with E-state index in [4.69, 9.17) is 4.74 Å². The van der Waals surface area contributed by atoms with Crippen LogP contribution in [0.4, 0.5) is 0 Å². The number of aliphatic hydroxyl groups excluding tert-OH is 2. The van der Waals surface area contributed by atoms with Crippen molar-refractivity contribution in [1.29, 1.82) is 0 Å². The maximum Gasteiger partial charge on any atom is 0.305 e. The molecule has 0 radical (unpaired) electrons. The van der Waals surface area contributed by atoms with E-state index < -0.39 is 12.1 Å². The SMILES string of the molecule is CCC/C=C\C/C=C\CCCCCCCC(=O)OCCCCCCCCCCCCCCCCCCCCCCCCCCCCCCCCCCCC(=O)NC(CO)C(O)/C=C/CCCCCCCCCCCCCCCCCCCCCC. The van der Waals surface area contributed by atoms with E-state index in [2.05, 4.69) is 43.5 Å². The van der Waals surface area contributed by atoms with Crippen LogP contribution in [-0.2, 0) is 14.3 Å². The third-order valence-corrected chi connectivity index (χ3v) is 18.1. The van der Waals surface area contributed by atoms with Crippen molar-refractivity contribution in [3.63, 3.8) is 0 Å². The van der Waals surface area contributed by atoms with Gasteiger partial charge >= 0.3 is 5.97 Å². The maximum absolute atomic E-state index is 12.5. The molecule has 0 aromatic heterocycles. The van der Waals surface area contributed by atoms with E-state index in [0.29, 0.717) is 19.4 Å². The van der Waals surface area contributed by atoms with Gasteiger partial charge in [0.15, 0.2) is 0 Å². The maximum atomic E-state index is 12.5. The summed E-state index contributed by atoms with van der Waals surface area (Å²) in [5, 5.41) is 23.3. The van der Waals surface area contributed by atoms with Crippen LogP contribution in [0.3, 0.4) is 0 Å². The molecule has 0 aliphatic carbocycles. The highest BCUT2D eigenvalue weighted by Crippen LogP contribution is 2.20. The zero-order valence-electron chi connectivity index (χ0n) is 57.6. The first-order chi connectivity index (χ1) is 42.0. The van der Waals surface area contributed by atoms with E-state index in [-0.39, 0.29) is 18.5 Å². The van der Waals surface area contributed by atoms with Crippen LogP contribution in [0.2, 0.25) is 0 Å². The van der Waals surface area contributed by atoms with Gasteiger partial charge in [-0.15, -0.1) is 0 Å². The zero-order valence-corrected chi connectivity index (χ0v) is 57.6. The van der Waals surface area contributed by atoms with Crippen molar-refractivity contribution in [2.75, 3.05) is 13.2 Å². The molecule has 1 amide bonds. The highest BCUT2D eigenvalue weighted by atomic mass is 16.5. The van der Waals surface area contributed by atoms with Gasteiger partial charge in [-0.05, 0) is 57.8 Å². The Hall–Kier alpha value is -1.92. The molecule has 0 fully saturated rings. The molecule has 502 valence electrons. The fourth-order valence-corrected chi connectivity index (χ4v) is 12.3. The Balaban J connectivity index is 3.35. The third-order valence-electron chi connectivity index (χ3n) is 18.1. The van der Waals surface area contributed by atoms with Gasteiger partial charge in [0.05, 0.1) is 25.4 Å². The molecule has 0 aliphatic rings. The second-order valence-corrected chi connectivity index (χ2v) is 26.7. The van der Waals surface area contributed by atoms with Crippen molar-refractivity contribution >= 4 is 11.9 Å². The summed E-state index contributed by atoms with van der Waals surface area (Å²) in [6, 6.07) is -0.625. The minimum atomic E-state index is -0.842. The van der Waals surface area contributed by atoms with Crippen molar-refractivity contribution in [3.8, 4) is 0 Å². The first-order valence-electron chi connectivity index (χ1n) is 38.8. The number of unbranched alkanes of at least 4 members (excludes halogenated alkanes) is 58. The summed E-state index contributed by atoms with van der Waals surface area (Å²) >= 11 is 0. The number of carbonyl (C=O) groups is 2. The van der Waals surface area contributed by atoms with Gasteiger partial charge < -0.3 is 20.3 Å². The van der Waals surface area contributed by atoms with Gasteiger partial charge in [0.25, 0.3) is 0 Å². The summed E-state index contributed by atoms with van der Waals surface area (Å²) in [4.78, 5) is 24.6. The monoisotopic (exact) mass is 1190 g/mol. The second kappa shape index (κ2) is 74.5. The predicted octanol–water partition coefficient (Wildman–Crippen LogP) is 25.4. The minimum absolute atomic E-state index is 0.00655. The summed E-state index contributed by atoms with van der Waals surface area (Å²) in [7, 11) is 0. The Morgan fingerprint density at radius 2 is 0.612 bits per heavy atom. The average molecular weight is 1200 g/mol. The Bertz CT molecular complexity index is 1380. The van der Waals surface area contributed by atoms with Crippen LogP contribution >= 0.6 is 0 Å². The largest absolute Gasteiger partial charge is 0.466 e. The summed E-state index contributed by atoms with van der Waals surface area (Å²) in [5.41, 5.74) is 0. The van der Waals surface area contributed by atoms with Gasteiger partial charge in [0.1, 0.15) is 0 Å². The number of ether oxygens (including phenoxy) is 1. The summed E-state index contributed by atoms with van der Waals surface area (Å²) < 4.78 is 5.48. The molecule has 0 spiro atoms. The van der Waals surface area contributed by atoms with E-state index in [1.54, 1.807) is 6.08 Å². The quantitative estimate of drug-likeness (QED) is 0.0320. The lowest BCUT2D eigenvalue weighted by Crippen LogP contribution is -2.45. The Morgan fingerprint density at radius 1 is 0.329 bits per heavy atom. The molecule has 0 aliphatic heterocycles. The van der Waals surface area contributed by atoms with E-state index in [1.807, 2.05) is 6.08 Å². The first kappa shape index (κ1) is 83.1. The summed E-state index contributed by atoms with van der Waals surface area (Å²) in [6.45, 7) is 4.88. The fourth-order valence-electron chi connectivity index (χ4n) is 12.3. The molecule has 2 unspecified atom stereocenters. The first-order valence-corrected chi connectivity index (χ1v) is 38.8. The van der Waals surface area contributed by atoms with E-state index in [9.17, 15) is 19.8 Å². The van der Waals surface area contributed by atoms with Crippen molar-refractivity contribution < 1.29 is 24.5 Å². The number of nitrogens with one attached hydrogen (secondary N) is 1. The number of rotatable bonds is 73. The molecule has 85 heavy (non-hydrogen) atoms. The minimum Gasteiger partial charge on any atom is -0.466 e. The van der Waals surface area contributed by atoms with Crippen LogP contribution in [0.5, 0.6) is 0 Å². The molecule has 0 saturated carbocycles. The van der Waals surface area contributed by atoms with Gasteiger partial charge in [0.2, 0.25) is 5.91 Å². The Kier molecular flexibility index (Phi) is 72.9. The molecule has 0 aromatic carbocycles. The smallest absolute Gasteiger partial charge is 0.305 e. The van der Waals surface area contributed by atoms with Gasteiger partial charge in [0, 0.05) is 12.8 Å². The molecule has 0 aromatic rings. The molecule has 3 N–H and O–H groups in total. The lowest BCUT2D eigenvalue weighted by molar-refractivity contribution is -0.143. The number of carbonyl (C=O) groups excluding carboxylic acids is 2. The fraction of sp³-hybridized carbons (Fsp3) is 0.899. The molecular formula is C79H151NO5. The topological polar surface area (TPSA) is 95.9 Å². The molecule has 0 bridgehead atoms. The highest BCUT2D eigenvalue weighted by molar-refractivity contribution is 5.76. The van der Waals surface area contributed by atoms with Gasteiger partial charge in [-0.2, -0.15) is 0 Å². The highest BCUT2D eigenvalue weighted by Gasteiger charge is 2.18. The second-order valence-electron chi connectivity index (χ2n) is 26.7. The number of amides is 1. The summed E-state index contributed by atoms with van der Waals surface area (Å²) in [5.74, 6) is -0.0521. The molecule has 6 nitrogen and oxygen atoms in total. The number of allylic oxidation sites excluding steroid dienone is 5. The van der Waals surface area contributed by atoms with Crippen molar-refractivity contribution in [2.45, 2.75) is 443 Å². The molecule has 6 heteroatoms. The van der Waals surface area contributed by atoms with Gasteiger partial charge in [-0.3, -0.25) is 9.59 Å². The third kappa shape index (κ3) is 71.0. The van der Waals surface area contributed by atoms with E-state index in [1.165, 1.54) is 353 Å². The summed E-state index contributed by atoms with van der Waals surface area (Å²) in [6.07, 6.45) is 96.9. The Morgan fingerprint density at radius 3 is 0.941 bits per heavy atom. The van der Waals surface area contributed by atoms with Crippen LogP contribution in [0.1, 0.15) is 431 Å². The van der Waals surface area contributed by atoms with E-state index in [0.717, 1.165) is 51.4 Å². The Labute approximate surface area is 532 Å². The van der Waals surface area contributed by atoms with E-state index >= 15 is 0 Å². The zero-order chi connectivity index (χ0) is 61.3. The number of aliphatic hydroxyl groups is 2. The van der Waals surface area contributed by atoms with Gasteiger partial charge in [-0.1, -0.05) is 397 Å². The van der Waals surface area contributed by atoms with Crippen LogP contribution in [0.15, 0.2) is 36.5 Å². The van der Waals surface area contributed by atoms with Crippen molar-refractivity contribution in [2.24, 2.45) is 0 Å². The van der Waals surface area contributed by atoms with Crippen LogP contribution in [0.25, 0.3) is 0 Å². The molecular weight excluding hydrogens is 1040 g/mol. The lowest BCUT2D eigenvalue weighted by Gasteiger charge is -2.20. The number of esters is 1. The van der Waals surface area contributed by atoms with Gasteiger partial charge in [-0.25, -0.2) is 0 Å². The number of hydrogen-bond donors (Lipinski definition) is 3. The molecule has 0 rings (SSSR count). The van der Waals surface area contributed by atoms with Crippen LogP contribution in [-0.4, -0.2) is 47.4 Å². The van der Waals surface area contributed by atoms with Crippen molar-refractivity contribution in [3.05, 3.63) is 36.5 Å². The standard InChI is InChI=1S/C79H151NO5/c1-3-5-7-9-11-13-15-17-18-19-20-21-35-38-41-44-48-51-55-59-63-67-71-77(82)76(75-81)80-78(83)72-68-64-60-56-52-49-45-42-39-36-33-31-29-27-25-23-22-24-26-28-30-32-34-37-40-43-46-50-54-58-62-66-70-74-85-79(84)73-69-65-61-57-53-47-16-14-12-10-8-6-4-2/h8,10,14,16,67,71,76-77,81-82H,3-7,9,11-13,15,17-66,68-70,72-75H2,1-2H3,(H,80,83)/b10-8-,16-14-,71-67+. The molecule has 2 atom stereocenters. The lowest BCUT2D eigenvalue weighted by atomic mass is 10.0. The van der Waals surface area contributed by atoms with Crippen LogP contribution < -0.4 is 5.32 Å². The van der Waals surface area contributed by atoms with Crippen molar-refractivity contribution in [1.82, 2.24) is 5.32 Å². The molecule has 0 saturated heterocycles. The predicted molar refractivity (Wildman–Crippen MR) is 375 cm³/mol. The average Bonchev–Trinajstić information content (AvgIpc) is 3.51. The van der Waals surface area contributed by atoms with Crippen LogP contribution in [0, 0.1) is 0 Å². The molecule has 0 heterocycles. The number of hydrogen-bond acceptors (Lipinski definition) is 5. The normalized spacial score (nSPS) is 12.7.